The van der Waals surface area contributed by atoms with Crippen molar-refractivity contribution in [2.75, 3.05) is 39.4 Å². The summed E-state index contributed by atoms with van der Waals surface area (Å²) in [4.78, 5) is 3.01. The zero-order chi connectivity index (χ0) is 12.8. The second kappa shape index (κ2) is 6.78. The molecule has 0 aromatic heterocycles. The molecule has 0 unspecified atom stereocenters. The van der Waals surface area contributed by atoms with Crippen LogP contribution >= 0.6 is 12.2 Å². The van der Waals surface area contributed by atoms with Gasteiger partial charge in [0.05, 0.1) is 13.2 Å². The molecule has 1 aromatic rings. The average molecular weight is 268 g/mol. The van der Waals surface area contributed by atoms with E-state index in [1.807, 2.05) is 0 Å². The van der Waals surface area contributed by atoms with Crippen LogP contribution in [0.3, 0.4) is 0 Å². The van der Waals surface area contributed by atoms with Crippen LogP contribution in [0.5, 0.6) is 0 Å². The number of nitrogens with one attached hydrogen (secondary N) is 1. The first kappa shape index (κ1) is 13.4. The third-order valence-electron chi connectivity index (χ3n) is 2.92. The van der Waals surface area contributed by atoms with E-state index in [4.69, 9.17) is 17.0 Å². The van der Waals surface area contributed by atoms with E-state index >= 15 is 0 Å². The maximum absolute atomic E-state index is 12.8. The normalized spacial score (nSPS) is 16.5. The smallest absolute Gasteiger partial charge is 0.123 e. The van der Waals surface area contributed by atoms with Crippen molar-refractivity contribution in [1.29, 1.82) is 0 Å². The topological polar surface area (TPSA) is 24.5 Å². The predicted molar refractivity (Wildman–Crippen MR) is 73.4 cm³/mol. The van der Waals surface area contributed by atoms with E-state index in [0.29, 0.717) is 4.99 Å². The molecule has 0 radical (unpaired) electrons. The lowest BCUT2D eigenvalue weighted by Gasteiger charge is -2.26. The van der Waals surface area contributed by atoms with Crippen LogP contribution in [0, 0.1) is 5.82 Å². The number of thiocarbonyl (C=S) groups is 1. The first-order chi connectivity index (χ1) is 8.75. The fraction of sp³-hybridized carbons (Fsp3) is 0.462. The molecule has 98 valence electrons. The summed E-state index contributed by atoms with van der Waals surface area (Å²) in [5.74, 6) is -0.241. The lowest BCUT2D eigenvalue weighted by molar-refractivity contribution is 0.0389. The van der Waals surface area contributed by atoms with Crippen molar-refractivity contribution in [3.8, 4) is 0 Å². The third-order valence-corrected chi connectivity index (χ3v) is 3.30. The van der Waals surface area contributed by atoms with Crippen LogP contribution in [0.15, 0.2) is 24.3 Å². The molecule has 0 amide bonds. The van der Waals surface area contributed by atoms with E-state index in [-0.39, 0.29) is 5.82 Å². The molecule has 0 saturated carbocycles. The zero-order valence-corrected chi connectivity index (χ0v) is 11.0. The van der Waals surface area contributed by atoms with Crippen molar-refractivity contribution in [2.24, 2.45) is 0 Å². The Hall–Kier alpha value is -1.04. The summed E-state index contributed by atoms with van der Waals surface area (Å²) in [7, 11) is 0. The number of ether oxygens (including phenoxy) is 1. The standard InChI is InChI=1S/C13H17FN2OS/c14-12-3-1-11(2-4-12)13(18)15-5-6-16-7-9-17-10-8-16/h1-4H,5-10H2,(H,15,18). The van der Waals surface area contributed by atoms with Gasteiger partial charge >= 0.3 is 0 Å². The molecule has 3 nitrogen and oxygen atoms in total. The van der Waals surface area contributed by atoms with E-state index in [1.165, 1.54) is 12.1 Å². The lowest BCUT2D eigenvalue weighted by atomic mass is 10.2. The van der Waals surface area contributed by atoms with Gasteiger partial charge in [-0.15, -0.1) is 0 Å². The summed E-state index contributed by atoms with van der Waals surface area (Å²) >= 11 is 5.25. The zero-order valence-electron chi connectivity index (χ0n) is 10.2. The Morgan fingerprint density at radius 1 is 1.28 bits per heavy atom. The summed E-state index contributed by atoms with van der Waals surface area (Å²) in [6, 6.07) is 6.23. The summed E-state index contributed by atoms with van der Waals surface area (Å²) in [5.41, 5.74) is 0.855. The molecule has 0 spiro atoms. The summed E-state index contributed by atoms with van der Waals surface area (Å²) in [6.07, 6.45) is 0. The van der Waals surface area contributed by atoms with Crippen molar-refractivity contribution >= 4 is 17.2 Å². The van der Waals surface area contributed by atoms with Crippen LogP contribution in [-0.4, -0.2) is 49.3 Å². The largest absolute Gasteiger partial charge is 0.379 e. The van der Waals surface area contributed by atoms with E-state index in [1.54, 1.807) is 12.1 Å². The van der Waals surface area contributed by atoms with Gasteiger partial charge < -0.3 is 10.1 Å². The number of hydrogen-bond acceptors (Lipinski definition) is 3. The van der Waals surface area contributed by atoms with Crippen LogP contribution in [0.1, 0.15) is 5.56 Å². The quantitative estimate of drug-likeness (QED) is 0.835. The van der Waals surface area contributed by atoms with Gasteiger partial charge in [0.25, 0.3) is 0 Å². The molecule has 2 rings (SSSR count). The molecule has 1 aliphatic rings. The molecule has 1 aromatic carbocycles. The molecule has 0 atom stereocenters. The molecule has 1 heterocycles. The third kappa shape index (κ3) is 4.01. The fourth-order valence-electron chi connectivity index (χ4n) is 1.86. The maximum atomic E-state index is 12.8. The molecule has 18 heavy (non-hydrogen) atoms. The number of morpholine rings is 1. The van der Waals surface area contributed by atoms with Crippen molar-refractivity contribution in [3.63, 3.8) is 0 Å². The Bertz CT molecular complexity index is 390. The Morgan fingerprint density at radius 3 is 2.61 bits per heavy atom. The van der Waals surface area contributed by atoms with Crippen LogP contribution in [0.25, 0.3) is 0 Å². The van der Waals surface area contributed by atoms with Gasteiger partial charge in [0.2, 0.25) is 0 Å². The van der Waals surface area contributed by atoms with Crippen LogP contribution in [0.4, 0.5) is 4.39 Å². The van der Waals surface area contributed by atoms with E-state index < -0.39 is 0 Å². The second-order valence-electron chi connectivity index (χ2n) is 4.22. The summed E-state index contributed by atoms with van der Waals surface area (Å²) < 4.78 is 18.0. The molecule has 1 N–H and O–H groups in total. The van der Waals surface area contributed by atoms with E-state index in [0.717, 1.165) is 45.0 Å². The van der Waals surface area contributed by atoms with Crippen molar-refractivity contribution in [1.82, 2.24) is 10.2 Å². The summed E-state index contributed by atoms with van der Waals surface area (Å²) in [5, 5.41) is 3.19. The number of benzene rings is 1. The number of rotatable bonds is 4. The molecule has 1 saturated heterocycles. The first-order valence-electron chi connectivity index (χ1n) is 6.09. The maximum Gasteiger partial charge on any atom is 0.123 e. The monoisotopic (exact) mass is 268 g/mol. The first-order valence-corrected chi connectivity index (χ1v) is 6.50. The molecule has 0 aliphatic carbocycles. The molecular weight excluding hydrogens is 251 g/mol. The van der Waals surface area contributed by atoms with Gasteiger partial charge in [0.1, 0.15) is 10.8 Å². The van der Waals surface area contributed by atoms with Crippen LogP contribution in [0.2, 0.25) is 0 Å². The van der Waals surface area contributed by atoms with Crippen molar-refractivity contribution < 1.29 is 9.13 Å². The minimum Gasteiger partial charge on any atom is -0.379 e. The van der Waals surface area contributed by atoms with E-state index in [9.17, 15) is 4.39 Å². The van der Waals surface area contributed by atoms with Gasteiger partial charge in [0.15, 0.2) is 0 Å². The Morgan fingerprint density at radius 2 is 1.94 bits per heavy atom. The highest BCUT2D eigenvalue weighted by molar-refractivity contribution is 7.80. The van der Waals surface area contributed by atoms with Gasteiger partial charge in [-0.25, -0.2) is 4.39 Å². The minimum atomic E-state index is -0.241. The van der Waals surface area contributed by atoms with Crippen LogP contribution < -0.4 is 5.32 Å². The molecule has 0 bridgehead atoms. The second-order valence-corrected chi connectivity index (χ2v) is 4.63. The van der Waals surface area contributed by atoms with Crippen LogP contribution in [-0.2, 0) is 4.74 Å². The van der Waals surface area contributed by atoms with Gasteiger partial charge in [-0.05, 0) is 24.3 Å². The SMILES string of the molecule is Fc1ccc(C(=S)NCCN2CCOCC2)cc1. The lowest BCUT2D eigenvalue weighted by Crippen LogP contribution is -2.41. The van der Waals surface area contributed by atoms with Gasteiger partial charge in [-0.1, -0.05) is 12.2 Å². The highest BCUT2D eigenvalue weighted by Gasteiger charge is 2.09. The Kier molecular flexibility index (Phi) is 5.04. The fourth-order valence-corrected chi connectivity index (χ4v) is 2.09. The Balaban J connectivity index is 1.72. The van der Waals surface area contributed by atoms with E-state index in [2.05, 4.69) is 10.2 Å². The van der Waals surface area contributed by atoms with Gasteiger partial charge in [-0.3, -0.25) is 4.90 Å². The average Bonchev–Trinajstić information content (AvgIpc) is 2.40. The summed E-state index contributed by atoms with van der Waals surface area (Å²) in [6.45, 7) is 5.32. The van der Waals surface area contributed by atoms with Crippen molar-refractivity contribution in [2.45, 2.75) is 0 Å². The number of hydrogen-bond donors (Lipinski definition) is 1. The number of nitrogens with zero attached hydrogens (tertiary/aromatic N) is 1. The predicted octanol–water partition coefficient (Wildman–Crippen LogP) is 1.42. The highest BCUT2D eigenvalue weighted by Crippen LogP contribution is 2.03. The molecule has 5 heteroatoms. The highest BCUT2D eigenvalue weighted by atomic mass is 32.1. The molecule has 1 aliphatic heterocycles. The van der Waals surface area contributed by atoms with Crippen molar-refractivity contribution in [3.05, 3.63) is 35.6 Å². The minimum absolute atomic E-state index is 0.241. The number of halogens is 1. The molecule has 1 fully saturated rings. The van der Waals surface area contributed by atoms with Gasteiger partial charge in [-0.2, -0.15) is 0 Å². The van der Waals surface area contributed by atoms with Gasteiger partial charge in [0, 0.05) is 31.7 Å². The molecular formula is C13H17FN2OS. The Labute approximate surface area is 112 Å².